The third kappa shape index (κ3) is 3.64. The summed E-state index contributed by atoms with van der Waals surface area (Å²) in [5.74, 6) is 0. The number of nitro benzene ring substituents is 3. The number of aryl methyl sites for hydroxylation is 1. The molecule has 0 aliphatic heterocycles. The second kappa shape index (κ2) is 6.59. The minimum atomic E-state index is -0.955. The monoisotopic (exact) mass is 343 g/mol. The highest BCUT2D eigenvalue weighted by Gasteiger charge is 2.30. The third-order valence-electron chi connectivity index (χ3n) is 3.16. The van der Waals surface area contributed by atoms with Gasteiger partial charge in [0.05, 0.1) is 38.5 Å². The average molecular weight is 343 g/mol. The molecule has 2 aromatic carbocycles. The Morgan fingerprint density at radius 2 is 1.48 bits per heavy atom. The standard InChI is InChI=1S/C14H9N5O6/c1-8-2-9(7-15)4-10(3-8)16-14-12(18(22)23)5-11(17(20)21)6-13(14)19(24)25/h2-6,16H,1H3. The molecule has 0 amide bonds. The van der Waals surface area contributed by atoms with Crippen LogP contribution in [0.4, 0.5) is 28.4 Å². The van der Waals surface area contributed by atoms with Gasteiger partial charge in [0.2, 0.25) is 0 Å². The lowest BCUT2D eigenvalue weighted by Crippen LogP contribution is -2.04. The molecular formula is C14H9N5O6. The zero-order chi connectivity index (χ0) is 18.7. The molecular weight excluding hydrogens is 334 g/mol. The zero-order valence-electron chi connectivity index (χ0n) is 12.6. The molecule has 0 radical (unpaired) electrons. The molecule has 0 aliphatic carbocycles. The average Bonchev–Trinajstić information content (AvgIpc) is 2.53. The fraction of sp³-hybridized carbons (Fsp3) is 0.0714. The van der Waals surface area contributed by atoms with Crippen LogP contribution < -0.4 is 5.32 Å². The normalized spacial score (nSPS) is 9.92. The Balaban J connectivity index is 2.69. The Labute approximate surface area is 139 Å². The highest BCUT2D eigenvalue weighted by atomic mass is 16.6. The lowest BCUT2D eigenvalue weighted by atomic mass is 10.1. The largest absolute Gasteiger partial charge is 0.344 e. The molecule has 0 saturated carbocycles. The molecule has 0 spiro atoms. The Morgan fingerprint density at radius 1 is 0.920 bits per heavy atom. The van der Waals surface area contributed by atoms with E-state index in [1.807, 2.05) is 6.07 Å². The van der Waals surface area contributed by atoms with Gasteiger partial charge >= 0.3 is 11.4 Å². The van der Waals surface area contributed by atoms with Gasteiger partial charge in [-0.25, -0.2) is 0 Å². The van der Waals surface area contributed by atoms with Crippen LogP contribution in [-0.2, 0) is 0 Å². The van der Waals surface area contributed by atoms with E-state index in [4.69, 9.17) is 5.26 Å². The Kier molecular flexibility index (Phi) is 4.55. The van der Waals surface area contributed by atoms with Gasteiger partial charge in [-0.1, -0.05) is 0 Å². The van der Waals surface area contributed by atoms with Crippen molar-refractivity contribution in [2.45, 2.75) is 6.92 Å². The number of benzene rings is 2. The van der Waals surface area contributed by atoms with E-state index in [-0.39, 0.29) is 11.3 Å². The Morgan fingerprint density at radius 3 is 1.92 bits per heavy atom. The van der Waals surface area contributed by atoms with Crippen molar-refractivity contribution in [2.75, 3.05) is 5.32 Å². The van der Waals surface area contributed by atoms with Crippen molar-refractivity contribution in [1.29, 1.82) is 5.26 Å². The fourth-order valence-electron chi connectivity index (χ4n) is 2.18. The number of hydrogen-bond donors (Lipinski definition) is 1. The summed E-state index contributed by atoms with van der Waals surface area (Å²) in [6.45, 7) is 1.67. The molecule has 0 aromatic heterocycles. The molecule has 0 unspecified atom stereocenters. The number of rotatable bonds is 5. The minimum Gasteiger partial charge on any atom is -0.344 e. The van der Waals surface area contributed by atoms with Gasteiger partial charge in [0.15, 0.2) is 5.69 Å². The van der Waals surface area contributed by atoms with Crippen molar-refractivity contribution < 1.29 is 14.8 Å². The predicted octanol–water partition coefficient (Wildman–Crippen LogP) is 3.33. The number of anilines is 2. The van der Waals surface area contributed by atoms with Crippen molar-refractivity contribution in [3.05, 3.63) is 71.8 Å². The van der Waals surface area contributed by atoms with Gasteiger partial charge in [-0.3, -0.25) is 30.3 Å². The van der Waals surface area contributed by atoms with Crippen molar-refractivity contribution in [3.63, 3.8) is 0 Å². The molecule has 0 heterocycles. The molecule has 2 aromatic rings. The summed E-state index contributed by atoms with van der Waals surface area (Å²) in [5, 5.41) is 44.8. The molecule has 1 N–H and O–H groups in total. The van der Waals surface area contributed by atoms with Crippen molar-refractivity contribution >= 4 is 28.4 Å². The molecule has 0 fully saturated rings. The maximum atomic E-state index is 11.2. The van der Waals surface area contributed by atoms with Crippen LogP contribution in [0.25, 0.3) is 0 Å². The van der Waals surface area contributed by atoms with E-state index in [9.17, 15) is 30.3 Å². The summed E-state index contributed by atoms with van der Waals surface area (Å²) in [7, 11) is 0. The SMILES string of the molecule is Cc1cc(C#N)cc(Nc2c([N+](=O)[O-])cc([N+](=O)[O-])cc2[N+](=O)[O-])c1. The molecule has 0 aliphatic rings. The van der Waals surface area contributed by atoms with Crippen molar-refractivity contribution in [2.24, 2.45) is 0 Å². The van der Waals surface area contributed by atoms with E-state index in [2.05, 4.69) is 5.32 Å². The number of nitriles is 1. The summed E-state index contributed by atoms with van der Waals surface area (Å²) in [5.41, 5.74) is -1.82. The molecule has 2 rings (SSSR count). The van der Waals surface area contributed by atoms with Crippen LogP contribution in [0.5, 0.6) is 0 Å². The number of nitrogens with zero attached hydrogens (tertiary/aromatic N) is 4. The highest BCUT2D eigenvalue weighted by molar-refractivity contribution is 5.81. The van der Waals surface area contributed by atoms with Crippen LogP contribution in [0, 0.1) is 48.6 Å². The van der Waals surface area contributed by atoms with E-state index >= 15 is 0 Å². The van der Waals surface area contributed by atoms with Gasteiger partial charge in [-0.15, -0.1) is 0 Å². The topological polar surface area (TPSA) is 165 Å². The number of nitrogens with one attached hydrogen (secondary N) is 1. The third-order valence-corrected chi connectivity index (χ3v) is 3.16. The molecule has 11 nitrogen and oxygen atoms in total. The first kappa shape index (κ1) is 17.3. The lowest BCUT2D eigenvalue weighted by molar-refractivity contribution is -0.401. The van der Waals surface area contributed by atoms with E-state index in [0.29, 0.717) is 17.7 Å². The summed E-state index contributed by atoms with van der Waals surface area (Å²) >= 11 is 0. The zero-order valence-corrected chi connectivity index (χ0v) is 12.6. The summed E-state index contributed by atoms with van der Waals surface area (Å²) < 4.78 is 0. The maximum absolute atomic E-state index is 11.2. The molecule has 126 valence electrons. The van der Waals surface area contributed by atoms with Gasteiger partial charge in [0.25, 0.3) is 5.69 Å². The lowest BCUT2D eigenvalue weighted by Gasteiger charge is -2.09. The van der Waals surface area contributed by atoms with E-state index < -0.39 is 37.5 Å². The summed E-state index contributed by atoms with van der Waals surface area (Å²) in [4.78, 5) is 30.4. The predicted molar refractivity (Wildman–Crippen MR) is 85.6 cm³/mol. The van der Waals surface area contributed by atoms with Gasteiger partial charge < -0.3 is 5.32 Å². The van der Waals surface area contributed by atoms with Gasteiger partial charge in [0, 0.05) is 5.69 Å². The van der Waals surface area contributed by atoms with Crippen LogP contribution in [0.1, 0.15) is 11.1 Å². The summed E-state index contributed by atoms with van der Waals surface area (Å²) in [6, 6.07) is 7.60. The quantitative estimate of drug-likeness (QED) is 0.637. The summed E-state index contributed by atoms with van der Waals surface area (Å²) in [6.07, 6.45) is 0. The highest BCUT2D eigenvalue weighted by Crippen LogP contribution is 2.40. The van der Waals surface area contributed by atoms with Crippen LogP contribution >= 0.6 is 0 Å². The van der Waals surface area contributed by atoms with Crippen molar-refractivity contribution in [3.8, 4) is 6.07 Å². The van der Waals surface area contributed by atoms with E-state index in [1.165, 1.54) is 12.1 Å². The number of nitro groups is 3. The second-order valence-corrected chi connectivity index (χ2v) is 4.95. The van der Waals surface area contributed by atoms with Crippen LogP contribution in [0.2, 0.25) is 0 Å². The number of non-ortho nitro benzene ring substituents is 1. The van der Waals surface area contributed by atoms with E-state index in [1.54, 1.807) is 13.0 Å². The first-order valence-corrected chi connectivity index (χ1v) is 6.63. The molecule has 0 saturated heterocycles. The van der Waals surface area contributed by atoms with Gasteiger partial charge in [0.1, 0.15) is 0 Å². The minimum absolute atomic E-state index is 0.205. The fourth-order valence-corrected chi connectivity index (χ4v) is 2.18. The Hall–Kier alpha value is -4.07. The maximum Gasteiger partial charge on any atom is 0.306 e. The molecule has 25 heavy (non-hydrogen) atoms. The molecule has 0 atom stereocenters. The van der Waals surface area contributed by atoms with Crippen LogP contribution in [0.3, 0.4) is 0 Å². The smallest absolute Gasteiger partial charge is 0.306 e. The molecule has 0 bridgehead atoms. The number of hydrogen-bond acceptors (Lipinski definition) is 8. The van der Waals surface area contributed by atoms with Crippen molar-refractivity contribution in [1.82, 2.24) is 0 Å². The van der Waals surface area contributed by atoms with Gasteiger partial charge in [-0.05, 0) is 30.7 Å². The first-order chi connectivity index (χ1) is 11.7. The van der Waals surface area contributed by atoms with Crippen LogP contribution in [0.15, 0.2) is 30.3 Å². The molecule has 11 heteroatoms. The van der Waals surface area contributed by atoms with Gasteiger partial charge in [-0.2, -0.15) is 5.26 Å². The Bertz CT molecular complexity index is 914. The van der Waals surface area contributed by atoms with E-state index in [0.717, 1.165) is 0 Å². The second-order valence-electron chi connectivity index (χ2n) is 4.95. The first-order valence-electron chi connectivity index (χ1n) is 6.63. The van der Waals surface area contributed by atoms with Crippen LogP contribution in [-0.4, -0.2) is 14.8 Å².